The third-order valence-electron chi connectivity index (χ3n) is 3.93. The van der Waals surface area contributed by atoms with E-state index in [0.717, 1.165) is 19.0 Å². The van der Waals surface area contributed by atoms with E-state index in [1.165, 1.54) is 23.9 Å². The minimum Gasteiger partial charge on any atom is -0.353 e. The summed E-state index contributed by atoms with van der Waals surface area (Å²) >= 11 is 0. The number of amides is 1. The molecule has 1 N–H and O–H groups in total. The van der Waals surface area contributed by atoms with Crippen LogP contribution >= 0.6 is 0 Å². The molecule has 2 rings (SSSR count). The first-order chi connectivity index (χ1) is 9.47. The standard InChI is InChI=1S/C13H24N6O/c1-11-5-4-6-18(7-11)13(2,3)9-14-12(20)8-19-10-15-16-17-19/h10-11H,4-9H2,1-3H3,(H,14,20). The number of likely N-dealkylation sites (tertiary alicyclic amines) is 1. The van der Waals surface area contributed by atoms with E-state index in [9.17, 15) is 4.79 Å². The molecule has 1 saturated heterocycles. The third-order valence-corrected chi connectivity index (χ3v) is 3.93. The van der Waals surface area contributed by atoms with Crippen molar-refractivity contribution in [2.24, 2.45) is 5.92 Å². The van der Waals surface area contributed by atoms with E-state index >= 15 is 0 Å². The minimum atomic E-state index is -0.0598. The van der Waals surface area contributed by atoms with Crippen LogP contribution in [0.4, 0.5) is 0 Å². The Bertz CT molecular complexity index is 430. The predicted octanol–water partition coefficient (Wildman–Crippen LogP) is 0.300. The molecule has 7 heteroatoms. The van der Waals surface area contributed by atoms with Crippen LogP contribution < -0.4 is 5.32 Å². The van der Waals surface area contributed by atoms with Crippen LogP contribution in [-0.2, 0) is 11.3 Å². The second kappa shape index (κ2) is 6.30. The maximum Gasteiger partial charge on any atom is 0.241 e. The van der Waals surface area contributed by atoms with Crippen molar-refractivity contribution in [1.29, 1.82) is 0 Å². The Morgan fingerprint density at radius 1 is 1.50 bits per heavy atom. The Labute approximate surface area is 119 Å². The quantitative estimate of drug-likeness (QED) is 0.839. The second-order valence-corrected chi connectivity index (χ2v) is 6.29. The Kier molecular flexibility index (Phi) is 4.69. The number of rotatable bonds is 5. The SMILES string of the molecule is CC1CCCN(C(C)(C)CNC(=O)Cn2cnnn2)C1. The number of carbonyl (C=O) groups excluding carboxylic acids is 1. The van der Waals surface area contributed by atoms with Gasteiger partial charge in [-0.1, -0.05) is 6.92 Å². The smallest absolute Gasteiger partial charge is 0.241 e. The molecular weight excluding hydrogens is 256 g/mol. The fraction of sp³-hybridized carbons (Fsp3) is 0.846. The van der Waals surface area contributed by atoms with E-state index in [4.69, 9.17) is 0 Å². The van der Waals surface area contributed by atoms with Crippen molar-refractivity contribution in [2.75, 3.05) is 19.6 Å². The van der Waals surface area contributed by atoms with Crippen molar-refractivity contribution in [3.8, 4) is 0 Å². The largest absolute Gasteiger partial charge is 0.353 e. The topological polar surface area (TPSA) is 75.9 Å². The van der Waals surface area contributed by atoms with Gasteiger partial charge < -0.3 is 5.32 Å². The summed E-state index contributed by atoms with van der Waals surface area (Å²) in [4.78, 5) is 14.3. The van der Waals surface area contributed by atoms with Gasteiger partial charge in [-0.2, -0.15) is 0 Å². The second-order valence-electron chi connectivity index (χ2n) is 6.29. The van der Waals surface area contributed by atoms with Gasteiger partial charge in [-0.3, -0.25) is 9.69 Å². The van der Waals surface area contributed by atoms with Crippen molar-refractivity contribution in [3.63, 3.8) is 0 Å². The summed E-state index contributed by atoms with van der Waals surface area (Å²) < 4.78 is 1.42. The summed E-state index contributed by atoms with van der Waals surface area (Å²) in [5, 5.41) is 13.7. The lowest BCUT2D eigenvalue weighted by atomic mass is 9.93. The van der Waals surface area contributed by atoms with Gasteiger partial charge in [0, 0.05) is 18.6 Å². The Morgan fingerprint density at radius 3 is 2.95 bits per heavy atom. The van der Waals surface area contributed by atoms with Gasteiger partial charge >= 0.3 is 0 Å². The van der Waals surface area contributed by atoms with E-state index < -0.39 is 0 Å². The summed E-state index contributed by atoms with van der Waals surface area (Å²) in [6.45, 7) is 9.68. The maximum absolute atomic E-state index is 11.9. The summed E-state index contributed by atoms with van der Waals surface area (Å²) in [7, 11) is 0. The molecule has 1 unspecified atom stereocenters. The molecule has 0 radical (unpaired) electrons. The highest BCUT2D eigenvalue weighted by Crippen LogP contribution is 2.23. The lowest BCUT2D eigenvalue weighted by Gasteiger charge is -2.43. The molecule has 112 valence electrons. The summed E-state index contributed by atoms with van der Waals surface area (Å²) in [6, 6.07) is 0. The van der Waals surface area contributed by atoms with E-state index in [1.54, 1.807) is 0 Å². The number of hydrogen-bond donors (Lipinski definition) is 1. The number of aromatic nitrogens is 4. The fourth-order valence-electron chi connectivity index (χ4n) is 2.62. The van der Waals surface area contributed by atoms with Crippen molar-refractivity contribution < 1.29 is 4.79 Å². The van der Waals surface area contributed by atoms with Crippen LogP contribution in [0.3, 0.4) is 0 Å². The Morgan fingerprint density at radius 2 is 2.30 bits per heavy atom. The molecule has 7 nitrogen and oxygen atoms in total. The van der Waals surface area contributed by atoms with Gasteiger partial charge in [-0.05, 0) is 49.6 Å². The molecule has 0 saturated carbocycles. The van der Waals surface area contributed by atoms with Crippen LogP contribution in [0.5, 0.6) is 0 Å². The van der Waals surface area contributed by atoms with Crippen LogP contribution in [0.15, 0.2) is 6.33 Å². The molecule has 2 heterocycles. The molecule has 20 heavy (non-hydrogen) atoms. The summed E-state index contributed by atoms with van der Waals surface area (Å²) in [5.41, 5.74) is -0.0229. The first-order valence-corrected chi connectivity index (χ1v) is 7.20. The van der Waals surface area contributed by atoms with Crippen LogP contribution in [-0.4, -0.2) is 56.2 Å². The first kappa shape index (κ1) is 14.9. The van der Waals surface area contributed by atoms with Crippen LogP contribution in [0.25, 0.3) is 0 Å². The number of nitrogens with one attached hydrogen (secondary N) is 1. The van der Waals surface area contributed by atoms with E-state index in [2.05, 4.69) is 46.5 Å². The minimum absolute atomic E-state index is 0.0229. The lowest BCUT2D eigenvalue weighted by Crippen LogP contribution is -2.54. The van der Waals surface area contributed by atoms with Crippen molar-refractivity contribution in [1.82, 2.24) is 30.4 Å². The van der Waals surface area contributed by atoms with Gasteiger partial charge in [0.25, 0.3) is 0 Å². The molecule has 1 atom stereocenters. The molecule has 0 aliphatic carbocycles. The zero-order valence-electron chi connectivity index (χ0n) is 12.5. The van der Waals surface area contributed by atoms with Gasteiger partial charge in [0.15, 0.2) is 0 Å². The number of nitrogens with zero attached hydrogens (tertiary/aromatic N) is 5. The molecule has 1 aliphatic heterocycles. The third kappa shape index (κ3) is 4.00. The normalized spacial score (nSPS) is 20.9. The number of hydrogen-bond acceptors (Lipinski definition) is 5. The molecule has 0 aromatic carbocycles. The van der Waals surface area contributed by atoms with Gasteiger partial charge in [-0.15, -0.1) is 5.10 Å². The maximum atomic E-state index is 11.9. The van der Waals surface area contributed by atoms with E-state index in [-0.39, 0.29) is 18.0 Å². The van der Waals surface area contributed by atoms with Crippen molar-refractivity contribution in [2.45, 2.75) is 45.7 Å². The van der Waals surface area contributed by atoms with Crippen LogP contribution in [0.2, 0.25) is 0 Å². The number of carbonyl (C=O) groups is 1. The van der Waals surface area contributed by atoms with Gasteiger partial charge in [0.1, 0.15) is 12.9 Å². The first-order valence-electron chi connectivity index (χ1n) is 7.20. The molecule has 1 fully saturated rings. The Balaban J connectivity index is 1.80. The highest BCUT2D eigenvalue weighted by Gasteiger charge is 2.30. The average Bonchev–Trinajstić information content (AvgIpc) is 2.89. The van der Waals surface area contributed by atoms with Gasteiger partial charge in [0.2, 0.25) is 5.91 Å². The van der Waals surface area contributed by atoms with E-state index in [1.807, 2.05) is 0 Å². The fourth-order valence-corrected chi connectivity index (χ4v) is 2.62. The number of tetrazole rings is 1. The number of piperidine rings is 1. The van der Waals surface area contributed by atoms with Crippen molar-refractivity contribution in [3.05, 3.63) is 6.33 Å². The molecule has 1 aromatic rings. The van der Waals surface area contributed by atoms with Crippen molar-refractivity contribution >= 4 is 5.91 Å². The molecule has 0 bridgehead atoms. The van der Waals surface area contributed by atoms with Crippen LogP contribution in [0.1, 0.15) is 33.6 Å². The summed E-state index contributed by atoms with van der Waals surface area (Å²) in [5.74, 6) is 0.676. The highest BCUT2D eigenvalue weighted by atomic mass is 16.2. The molecule has 1 aliphatic rings. The predicted molar refractivity (Wildman–Crippen MR) is 74.9 cm³/mol. The summed E-state index contributed by atoms with van der Waals surface area (Å²) in [6.07, 6.45) is 3.98. The average molecular weight is 280 g/mol. The Hall–Kier alpha value is -1.50. The zero-order valence-corrected chi connectivity index (χ0v) is 12.5. The van der Waals surface area contributed by atoms with Crippen LogP contribution in [0, 0.1) is 5.92 Å². The van der Waals surface area contributed by atoms with E-state index in [0.29, 0.717) is 6.54 Å². The monoisotopic (exact) mass is 280 g/mol. The molecule has 1 amide bonds. The zero-order chi connectivity index (χ0) is 14.6. The molecule has 1 aromatic heterocycles. The highest BCUT2D eigenvalue weighted by molar-refractivity contribution is 5.75. The lowest BCUT2D eigenvalue weighted by molar-refractivity contribution is -0.122. The van der Waals surface area contributed by atoms with Gasteiger partial charge in [0.05, 0.1) is 0 Å². The van der Waals surface area contributed by atoms with Gasteiger partial charge in [-0.25, -0.2) is 4.68 Å². The molecule has 0 spiro atoms. The molecular formula is C13H24N6O.